The maximum Gasteiger partial charge on any atom is 0.320 e. The van der Waals surface area contributed by atoms with Gasteiger partial charge in [0.2, 0.25) is 0 Å². The summed E-state index contributed by atoms with van der Waals surface area (Å²) in [4.78, 5) is 23.0. The summed E-state index contributed by atoms with van der Waals surface area (Å²) in [6.45, 7) is 2.24. The molecule has 0 radical (unpaired) electrons. The molecular formula is C20H34O4. The number of methoxy groups -OCH3 is 2. The van der Waals surface area contributed by atoms with Crippen LogP contribution in [-0.2, 0) is 19.1 Å². The number of carbonyl (C=O) groups excluding carboxylic acids is 2. The predicted octanol–water partition coefficient (Wildman–Crippen LogP) is 4.97. The van der Waals surface area contributed by atoms with Crippen LogP contribution in [-0.4, -0.2) is 26.2 Å². The Morgan fingerprint density at radius 1 is 0.833 bits per heavy atom. The van der Waals surface area contributed by atoms with Crippen molar-refractivity contribution in [3.8, 4) is 0 Å². The normalized spacial score (nSPS) is 10.2. The minimum absolute atomic E-state index is 0.258. The maximum atomic E-state index is 11.5. The summed E-state index contributed by atoms with van der Waals surface area (Å²) in [7, 11) is 2.53. The third-order valence-electron chi connectivity index (χ3n) is 4.01. The molecule has 0 saturated heterocycles. The van der Waals surface area contributed by atoms with Gasteiger partial charge in [0, 0.05) is 0 Å². The second kappa shape index (κ2) is 16.3. The van der Waals surface area contributed by atoms with Crippen LogP contribution >= 0.6 is 0 Å². The lowest BCUT2D eigenvalue weighted by Crippen LogP contribution is -2.25. The molecule has 0 heterocycles. The van der Waals surface area contributed by atoms with Gasteiger partial charge in [-0.1, -0.05) is 58.3 Å². The fourth-order valence-electron chi connectivity index (χ4n) is 2.48. The van der Waals surface area contributed by atoms with Gasteiger partial charge in [-0.3, -0.25) is 9.59 Å². The number of unbranched alkanes of at least 4 members (excludes halogenated alkanes) is 9. The Hall–Kier alpha value is -1.54. The molecule has 4 heteroatoms. The van der Waals surface area contributed by atoms with E-state index in [0.717, 1.165) is 12.8 Å². The average molecular weight is 338 g/mol. The van der Waals surface area contributed by atoms with Crippen molar-refractivity contribution in [3.63, 3.8) is 0 Å². The minimum Gasteiger partial charge on any atom is -0.468 e. The fourth-order valence-corrected chi connectivity index (χ4v) is 2.48. The van der Waals surface area contributed by atoms with Gasteiger partial charge in [0.15, 0.2) is 5.92 Å². The first kappa shape index (κ1) is 22.5. The molecule has 0 amide bonds. The van der Waals surface area contributed by atoms with Crippen LogP contribution in [0.25, 0.3) is 0 Å². The molecule has 24 heavy (non-hydrogen) atoms. The number of allylic oxidation sites excluding steroid dienone is 1. The smallest absolute Gasteiger partial charge is 0.320 e. The van der Waals surface area contributed by atoms with Crippen LogP contribution in [0, 0.1) is 5.92 Å². The first-order valence-corrected chi connectivity index (χ1v) is 9.22. The van der Waals surface area contributed by atoms with Crippen molar-refractivity contribution in [3.05, 3.63) is 17.9 Å². The largest absolute Gasteiger partial charge is 0.468 e. The van der Waals surface area contributed by atoms with Crippen LogP contribution < -0.4 is 0 Å². The molecule has 0 aliphatic heterocycles. The minimum atomic E-state index is -0.895. The molecule has 0 spiro atoms. The van der Waals surface area contributed by atoms with Crippen LogP contribution in [0.5, 0.6) is 0 Å². The third-order valence-corrected chi connectivity index (χ3v) is 4.01. The molecule has 0 aliphatic rings. The fraction of sp³-hybridized carbons (Fsp3) is 0.750. The lowest BCUT2D eigenvalue weighted by Gasteiger charge is -2.08. The number of carbonyl (C=O) groups is 2. The summed E-state index contributed by atoms with van der Waals surface area (Å²) in [5.41, 5.74) is 3.03. The summed E-state index contributed by atoms with van der Waals surface area (Å²) in [6, 6.07) is 0. The van der Waals surface area contributed by atoms with Gasteiger partial charge in [-0.2, -0.15) is 0 Å². The van der Waals surface area contributed by atoms with Gasteiger partial charge in [-0.05, 0) is 31.4 Å². The van der Waals surface area contributed by atoms with Gasteiger partial charge in [0.1, 0.15) is 0 Å². The van der Waals surface area contributed by atoms with Crippen molar-refractivity contribution in [1.82, 2.24) is 0 Å². The molecule has 0 atom stereocenters. The number of rotatable bonds is 14. The van der Waals surface area contributed by atoms with Gasteiger partial charge in [-0.25, -0.2) is 0 Å². The number of esters is 2. The zero-order valence-corrected chi connectivity index (χ0v) is 15.6. The maximum absolute atomic E-state index is 11.5. The molecule has 0 aliphatic carbocycles. The Morgan fingerprint density at radius 2 is 1.33 bits per heavy atom. The Kier molecular flexibility index (Phi) is 15.3. The number of hydrogen-bond acceptors (Lipinski definition) is 4. The zero-order valence-electron chi connectivity index (χ0n) is 15.6. The lowest BCUT2D eigenvalue weighted by molar-refractivity contribution is -0.158. The highest BCUT2D eigenvalue weighted by Crippen LogP contribution is 2.11. The van der Waals surface area contributed by atoms with E-state index in [4.69, 9.17) is 0 Å². The highest BCUT2D eigenvalue weighted by molar-refractivity contribution is 5.94. The van der Waals surface area contributed by atoms with E-state index in [1.807, 2.05) is 6.08 Å². The van der Waals surface area contributed by atoms with Gasteiger partial charge in [-0.15, -0.1) is 5.73 Å². The van der Waals surface area contributed by atoms with Crippen LogP contribution in [0.1, 0.15) is 77.6 Å². The number of hydrogen-bond donors (Lipinski definition) is 0. The SMILES string of the molecule is CCCCCCCCCCCC=C=CCC(C(=O)OC)C(=O)OC. The molecular weight excluding hydrogens is 304 g/mol. The molecule has 0 saturated carbocycles. The Bertz CT molecular complexity index is 378. The van der Waals surface area contributed by atoms with Crippen molar-refractivity contribution >= 4 is 11.9 Å². The van der Waals surface area contributed by atoms with E-state index in [9.17, 15) is 9.59 Å². The predicted molar refractivity (Wildman–Crippen MR) is 96.6 cm³/mol. The summed E-state index contributed by atoms with van der Waals surface area (Å²) < 4.78 is 9.20. The van der Waals surface area contributed by atoms with Crippen molar-refractivity contribution in [2.45, 2.75) is 77.6 Å². The van der Waals surface area contributed by atoms with Gasteiger partial charge in [0.25, 0.3) is 0 Å². The molecule has 0 unspecified atom stereocenters. The first-order valence-electron chi connectivity index (χ1n) is 9.22. The number of ether oxygens (including phenoxy) is 2. The highest BCUT2D eigenvalue weighted by Gasteiger charge is 2.26. The average Bonchev–Trinajstić information content (AvgIpc) is 2.61. The van der Waals surface area contributed by atoms with Crippen LogP contribution in [0.15, 0.2) is 17.9 Å². The van der Waals surface area contributed by atoms with E-state index in [2.05, 4.69) is 22.1 Å². The second-order valence-corrected chi connectivity index (χ2v) is 6.03. The molecule has 4 nitrogen and oxygen atoms in total. The summed E-state index contributed by atoms with van der Waals surface area (Å²) in [6.07, 6.45) is 16.7. The topological polar surface area (TPSA) is 52.6 Å². The first-order chi connectivity index (χ1) is 11.7. The molecule has 0 rings (SSSR count). The van der Waals surface area contributed by atoms with Crippen molar-refractivity contribution < 1.29 is 19.1 Å². The van der Waals surface area contributed by atoms with Gasteiger partial charge >= 0.3 is 11.9 Å². The van der Waals surface area contributed by atoms with Crippen molar-refractivity contribution in [1.29, 1.82) is 0 Å². The van der Waals surface area contributed by atoms with Crippen LogP contribution in [0.3, 0.4) is 0 Å². The summed E-state index contributed by atoms with van der Waals surface area (Å²) >= 11 is 0. The van der Waals surface area contributed by atoms with E-state index in [1.165, 1.54) is 65.6 Å². The van der Waals surface area contributed by atoms with Crippen molar-refractivity contribution in [2.24, 2.45) is 5.92 Å². The Morgan fingerprint density at radius 3 is 1.83 bits per heavy atom. The lowest BCUT2D eigenvalue weighted by atomic mass is 10.1. The molecule has 0 aromatic carbocycles. The van der Waals surface area contributed by atoms with E-state index in [1.54, 1.807) is 6.08 Å². The molecule has 0 bridgehead atoms. The Labute approximate surface area is 147 Å². The van der Waals surface area contributed by atoms with E-state index in [-0.39, 0.29) is 6.42 Å². The molecule has 0 N–H and O–H groups in total. The van der Waals surface area contributed by atoms with Crippen molar-refractivity contribution in [2.75, 3.05) is 14.2 Å². The zero-order chi connectivity index (χ0) is 18.0. The molecule has 138 valence electrons. The molecule has 0 aromatic rings. The van der Waals surface area contributed by atoms with E-state index < -0.39 is 17.9 Å². The third kappa shape index (κ3) is 12.0. The quantitative estimate of drug-likeness (QED) is 0.194. The van der Waals surface area contributed by atoms with Gasteiger partial charge < -0.3 is 9.47 Å². The monoisotopic (exact) mass is 338 g/mol. The standard InChI is InChI=1S/C20H34O4/c1-4-5-6-7-8-9-10-11-12-13-14-15-16-17-18(19(21)23-2)20(22)24-3/h14,16,18H,4-13,17H2,1-3H3. The summed E-state index contributed by atoms with van der Waals surface area (Å²) in [5.74, 6) is -2.04. The summed E-state index contributed by atoms with van der Waals surface area (Å²) in [5, 5.41) is 0. The van der Waals surface area contributed by atoms with Crippen LogP contribution in [0.2, 0.25) is 0 Å². The highest BCUT2D eigenvalue weighted by atomic mass is 16.5. The van der Waals surface area contributed by atoms with E-state index >= 15 is 0 Å². The molecule has 0 aromatic heterocycles. The molecule has 0 fully saturated rings. The van der Waals surface area contributed by atoms with E-state index in [0.29, 0.717) is 0 Å². The van der Waals surface area contributed by atoms with Crippen LogP contribution in [0.4, 0.5) is 0 Å². The second-order valence-electron chi connectivity index (χ2n) is 6.03. The Balaban J connectivity index is 3.76. The van der Waals surface area contributed by atoms with Gasteiger partial charge in [0.05, 0.1) is 14.2 Å².